The first kappa shape index (κ1) is 16.5. The van der Waals surface area contributed by atoms with Gasteiger partial charge in [-0.25, -0.2) is 0 Å². The van der Waals surface area contributed by atoms with Crippen LogP contribution >= 0.6 is 0 Å². The van der Waals surface area contributed by atoms with Crippen LogP contribution in [0.3, 0.4) is 0 Å². The molecule has 0 saturated heterocycles. The molecular formula is C19H28N2O2. The molecule has 1 aromatic rings. The fraction of sp³-hybridized carbons (Fsp3) is 0.632. The molecule has 1 atom stereocenters. The predicted molar refractivity (Wildman–Crippen MR) is 90.9 cm³/mol. The molecule has 3 rings (SSSR count). The Morgan fingerprint density at radius 3 is 2.83 bits per heavy atom. The number of rotatable bonds is 6. The molecule has 4 heteroatoms. The number of carbonyl (C=O) groups is 1. The molecule has 1 unspecified atom stereocenters. The average Bonchev–Trinajstić information content (AvgIpc) is 3.06. The van der Waals surface area contributed by atoms with E-state index in [4.69, 9.17) is 4.74 Å². The number of amides is 1. The third-order valence-corrected chi connectivity index (χ3v) is 4.94. The summed E-state index contributed by atoms with van der Waals surface area (Å²) in [5.74, 6) is 0.0247. The highest BCUT2D eigenvalue weighted by Crippen LogP contribution is 2.22. The van der Waals surface area contributed by atoms with Crippen molar-refractivity contribution in [3.63, 3.8) is 0 Å². The molecule has 1 heterocycles. The molecule has 0 aromatic heterocycles. The summed E-state index contributed by atoms with van der Waals surface area (Å²) in [5.41, 5.74) is 3.88. The SMILES string of the molecule is CCC(OC1CCCCC1)C(=O)NCc1ccc2c(c1)CNC2. The molecule has 1 amide bonds. The first-order chi connectivity index (χ1) is 11.3. The van der Waals surface area contributed by atoms with E-state index >= 15 is 0 Å². The fourth-order valence-electron chi connectivity index (χ4n) is 3.54. The lowest BCUT2D eigenvalue weighted by atomic mass is 9.97. The van der Waals surface area contributed by atoms with Crippen molar-refractivity contribution < 1.29 is 9.53 Å². The predicted octanol–water partition coefficient (Wildman–Crippen LogP) is 3.03. The Hall–Kier alpha value is -1.39. The largest absolute Gasteiger partial charge is 0.365 e. The van der Waals surface area contributed by atoms with Crippen molar-refractivity contribution in [2.24, 2.45) is 0 Å². The van der Waals surface area contributed by atoms with E-state index in [1.54, 1.807) is 0 Å². The summed E-state index contributed by atoms with van der Waals surface area (Å²) in [4.78, 5) is 12.4. The molecule has 2 N–H and O–H groups in total. The van der Waals surface area contributed by atoms with Gasteiger partial charge in [0.15, 0.2) is 0 Å². The summed E-state index contributed by atoms with van der Waals surface area (Å²) in [6.45, 7) is 4.49. The van der Waals surface area contributed by atoms with Gasteiger partial charge in [-0.1, -0.05) is 44.4 Å². The van der Waals surface area contributed by atoms with E-state index < -0.39 is 0 Å². The minimum absolute atomic E-state index is 0.0247. The number of benzene rings is 1. The van der Waals surface area contributed by atoms with Crippen LogP contribution in [0, 0.1) is 0 Å². The maximum absolute atomic E-state index is 12.4. The Morgan fingerprint density at radius 1 is 1.26 bits per heavy atom. The van der Waals surface area contributed by atoms with Gasteiger partial charge in [-0.3, -0.25) is 4.79 Å². The molecule has 4 nitrogen and oxygen atoms in total. The first-order valence-corrected chi connectivity index (χ1v) is 9.01. The maximum atomic E-state index is 12.4. The molecule has 126 valence electrons. The smallest absolute Gasteiger partial charge is 0.249 e. The topological polar surface area (TPSA) is 50.4 Å². The number of hydrogen-bond acceptors (Lipinski definition) is 3. The lowest BCUT2D eigenvalue weighted by molar-refractivity contribution is -0.138. The molecule has 1 aliphatic heterocycles. The Morgan fingerprint density at radius 2 is 2.04 bits per heavy atom. The molecule has 1 aromatic carbocycles. The van der Waals surface area contributed by atoms with Crippen LogP contribution in [-0.4, -0.2) is 18.1 Å². The number of carbonyl (C=O) groups excluding carboxylic acids is 1. The number of ether oxygens (including phenoxy) is 1. The van der Waals surface area contributed by atoms with Gasteiger partial charge < -0.3 is 15.4 Å². The zero-order valence-electron chi connectivity index (χ0n) is 14.1. The van der Waals surface area contributed by atoms with Crippen LogP contribution in [0.2, 0.25) is 0 Å². The summed E-state index contributed by atoms with van der Waals surface area (Å²) in [6, 6.07) is 6.46. The second-order valence-electron chi connectivity index (χ2n) is 6.72. The number of fused-ring (bicyclic) bond motifs is 1. The highest BCUT2D eigenvalue weighted by Gasteiger charge is 2.23. The molecule has 1 aliphatic carbocycles. The van der Waals surface area contributed by atoms with E-state index in [1.807, 2.05) is 6.92 Å². The van der Waals surface area contributed by atoms with E-state index in [2.05, 4.69) is 28.8 Å². The van der Waals surface area contributed by atoms with Gasteiger partial charge in [0.1, 0.15) is 6.10 Å². The van der Waals surface area contributed by atoms with E-state index in [9.17, 15) is 4.79 Å². The lowest BCUT2D eigenvalue weighted by Crippen LogP contribution is -2.38. The third-order valence-electron chi connectivity index (χ3n) is 4.94. The van der Waals surface area contributed by atoms with Crippen LogP contribution in [-0.2, 0) is 29.2 Å². The van der Waals surface area contributed by atoms with Crippen LogP contribution in [0.15, 0.2) is 18.2 Å². The molecule has 0 spiro atoms. The summed E-state index contributed by atoms with van der Waals surface area (Å²) in [5, 5.41) is 6.39. The van der Waals surface area contributed by atoms with E-state index in [0.29, 0.717) is 6.54 Å². The van der Waals surface area contributed by atoms with E-state index in [1.165, 1.54) is 30.4 Å². The van der Waals surface area contributed by atoms with Gasteiger partial charge in [0.25, 0.3) is 0 Å². The van der Waals surface area contributed by atoms with Crippen molar-refractivity contribution in [2.75, 3.05) is 0 Å². The maximum Gasteiger partial charge on any atom is 0.249 e. The van der Waals surface area contributed by atoms with Gasteiger partial charge in [0.2, 0.25) is 5.91 Å². The van der Waals surface area contributed by atoms with Crippen molar-refractivity contribution >= 4 is 5.91 Å². The van der Waals surface area contributed by atoms with Crippen molar-refractivity contribution in [1.29, 1.82) is 0 Å². The molecule has 2 aliphatic rings. The van der Waals surface area contributed by atoms with Crippen LogP contribution in [0.5, 0.6) is 0 Å². The van der Waals surface area contributed by atoms with Crippen molar-refractivity contribution in [3.05, 3.63) is 34.9 Å². The van der Waals surface area contributed by atoms with Gasteiger partial charge in [0.05, 0.1) is 6.10 Å². The van der Waals surface area contributed by atoms with E-state index in [0.717, 1.165) is 37.9 Å². The van der Waals surface area contributed by atoms with Crippen LogP contribution in [0.1, 0.15) is 62.1 Å². The minimum Gasteiger partial charge on any atom is -0.365 e. The van der Waals surface area contributed by atoms with Crippen molar-refractivity contribution in [3.8, 4) is 0 Å². The van der Waals surface area contributed by atoms with Crippen LogP contribution in [0.25, 0.3) is 0 Å². The van der Waals surface area contributed by atoms with Gasteiger partial charge in [-0.15, -0.1) is 0 Å². The van der Waals surface area contributed by atoms with E-state index in [-0.39, 0.29) is 18.1 Å². The Bertz CT molecular complexity index is 538. The Labute approximate surface area is 139 Å². The number of nitrogens with one attached hydrogen (secondary N) is 2. The van der Waals surface area contributed by atoms with Crippen molar-refractivity contribution in [2.45, 2.75) is 77.3 Å². The first-order valence-electron chi connectivity index (χ1n) is 9.01. The third kappa shape index (κ3) is 4.33. The lowest BCUT2D eigenvalue weighted by Gasteiger charge is -2.26. The fourth-order valence-corrected chi connectivity index (χ4v) is 3.54. The Balaban J connectivity index is 1.50. The van der Waals surface area contributed by atoms with Crippen molar-refractivity contribution in [1.82, 2.24) is 10.6 Å². The summed E-state index contributed by atoms with van der Waals surface area (Å²) in [6.07, 6.45) is 6.65. The molecule has 1 fully saturated rings. The second-order valence-corrected chi connectivity index (χ2v) is 6.72. The van der Waals surface area contributed by atoms with Crippen LogP contribution < -0.4 is 10.6 Å². The van der Waals surface area contributed by atoms with Gasteiger partial charge in [0, 0.05) is 19.6 Å². The minimum atomic E-state index is -0.311. The van der Waals surface area contributed by atoms with Crippen LogP contribution in [0.4, 0.5) is 0 Å². The number of hydrogen-bond donors (Lipinski definition) is 2. The normalized spacial score (nSPS) is 19.3. The quantitative estimate of drug-likeness (QED) is 0.848. The molecule has 0 radical (unpaired) electrons. The zero-order valence-corrected chi connectivity index (χ0v) is 14.1. The molecular weight excluding hydrogens is 288 g/mol. The standard InChI is InChI=1S/C19H28N2O2/c1-2-18(23-17-6-4-3-5-7-17)19(22)21-11-14-8-9-15-12-20-13-16(15)10-14/h8-10,17-18,20H,2-7,11-13H2,1H3,(H,21,22). The highest BCUT2D eigenvalue weighted by molar-refractivity contribution is 5.80. The molecule has 1 saturated carbocycles. The van der Waals surface area contributed by atoms with Gasteiger partial charge in [-0.05, 0) is 36.0 Å². The van der Waals surface area contributed by atoms with Gasteiger partial charge >= 0.3 is 0 Å². The summed E-state index contributed by atoms with van der Waals surface area (Å²) in [7, 11) is 0. The second kappa shape index (κ2) is 7.93. The monoisotopic (exact) mass is 316 g/mol. The van der Waals surface area contributed by atoms with Gasteiger partial charge in [-0.2, -0.15) is 0 Å². The summed E-state index contributed by atoms with van der Waals surface area (Å²) >= 11 is 0. The Kier molecular flexibility index (Phi) is 5.68. The average molecular weight is 316 g/mol. The molecule has 0 bridgehead atoms. The summed E-state index contributed by atoms with van der Waals surface area (Å²) < 4.78 is 6.04. The highest BCUT2D eigenvalue weighted by atomic mass is 16.5. The molecule has 23 heavy (non-hydrogen) atoms. The zero-order chi connectivity index (χ0) is 16.1.